The number of ether oxygens (including phenoxy) is 1. The lowest BCUT2D eigenvalue weighted by Crippen LogP contribution is -2.16. The predicted molar refractivity (Wildman–Crippen MR) is 35.3 cm³/mol. The Balaban J connectivity index is 2.02. The Morgan fingerprint density at radius 2 is 1.78 bits per heavy atom. The zero-order valence-corrected chi connectivity index (χ0v) is 5.84. The first-order valence-electron chi connectivity index (χ1n) is 3.62. The molecule has 0 radical (unpaired) electrons. The van der Waals surface area contributed by atoms with E-state index in [1.807, 2.05) is 0 Å². The molecule has 2 nitrogen and oxygen atoms in total. The maximum absolute atomic E-state index is 5.33. The van der Waals surface area contributed by atoms with Crippen molar-refractivity contribution in [3.63, 3.8) is 0 Å². The first-order chi connectivity index (χ1) is 4.36. The van der Waals surface area contributed by atoms with Gasteiger partial charge in [-0.25, -0.2) is 0 Å². The highest BCUT2D eigenvalue weighted by Gasteiger charge is 2.35. The number of rotatable bonds is 0. The molecule has 2 heteroatoms. The topological polar surface area (TPSA) is 12.5 Å². The van der Waals surface area contributed by atoms with Gasteiger partial charge >= 0.3 is 0 Å². The highest BCUT2D eigenvalue weighted by Crippen LogP contribution is 2.27. The highest BCUT2D eigenvalue weighted by molar-refractivity contribution is 4.85. The van der Waals surface area contributed by atoms with Gasteiger partial charge in [0.25, 0.3) is 0 Å². The summed E-state index contributed by atoms with van der Waals surface area (Å²) in [5.41, 5.74) is 0. The van der Waals surface area contributed by atoms with Gasteiger partial charge in [0.15, 0.2) is 0 Å². The summed E-state index contributed by atoms with van der Waals surface area (Å²) in [6.07, 6.45) is 0. The van der Waals surface area contributed by atoms with Crippen LogP contribution < -0.4 is 0 Å². The molecule has 0 aromatic carbocycles. The van der Waals surface area contributed by atoms with E-state index in [0.29, 0.717) is 0 Å². The Morgan fingerprint density at radius 1 is 1.22 bits per heavy atom. The summed E-state index contributed by atoms with van der Waals surface area (Å²) in [7, 11) is 2.19. The van der Waals surface area contributed by atoms with Gasteiger partial charge in [-0.1, -0.05) is 0 Å². The van der Waals surface area contributed by atoms with Crippen molar-refractivity contribution in [2.75, 3.05) is 33.4 Å². The first kappa shape index (κ1) is 5.69. The summed E-state index contributed by atoms with van der Waals surface area (Å²) in [6, 6.07) is 0. The predicted octanol–water partition coefficient (Wildman–Crippen LogP) is 0.194. The molecule has 2 fully saturated rings. The lowest BCUT2D eigenvalue weighted by Gasteiger charge is -2.07. The molecule has 0 aromatic rings. The van der Waals surface area contributed by atoms with E-state index in [1.54, 1.807) is 0 Å². The molecule has 2 aliphatic heterocycles. The molecule has 0 bridgehead atoms. The van der Waals surface area contributed by atoms with Crippen LogP contribution in [-0.2, 0) is 4.74 Å². The Kier molecular flexibility index (Phi) is 1.24. The van der Waals surface area contributed by atoms with Gasteiger partial charge in [0.2, 0.25) is 0 Å². The molecule has 0 spiro atoms. The van der Waals surface area contributed by atoms with E-state index in [9.17, 15) is 0 Å². The van der Waals surface area contributed by atoms with Crippen LogP contribution in [0.25, 0.3) is 0 Å². The molecule has 52 valence electrons. The van der Waals surface area contributed by atoms with E-state index in [-0.39, 0.29) is 0 Å². The van der Waals surface area contributed by atoms with Gasteiger partial charge in [-0.15, -0.1) is 0 Å². The van der Waals surface area contributed by atoms with Crippen LogP contribution in [0.5, 0.6) is 0 Å². The van der Waals surface area contributed by atoms with Crippen molar-refractivity contribution in [1.29, 1.82) is 0 Å². The third-order valence-electron chi connectivity index (χ3n) is 2.42. The van der Waals surface area contributed by atoms with Crippen LogP contribution in [0.15, 0.2) is 0 Å². The van der Waals surface area contributed by atoms with Gasteiger partial charge in [-0.3, -0.25) is 0 Å². The van der Waals surface area contributed by atoms with Crippen molar-refractivity contribution in [2.24, 2.45) is 11.8 Å². The van der Waals surface area contributed by atoms with Crippen molar-refractivity contribution < 1.29 is 4.74 Å². The highest BCUT2D eigenvalue weighted by atomic mass is 16.5. The first-order valence-corrected chi connectivity index (χ1v) is 3.62. The molecule has 2 aliphatic rings. The van der Waals surface area contributed by atoms with E-state index >= 15 is 0 Å². The van der Waals surface area contributed by atoms with Crippen molar-refractivity contribution in [3.8, 4) is 0 Å². The Morgan fingerprint density at radius 3 is 2.33 bits per heavy atom. The second-order valence-corrected chi connectivity index (χ2v) is 3.28. The molecule has 0 unspecified atom stereocenters. The zero-order valence-electron chi connectivity index (χ0n) is 5.84. The third-order valence-corrected chi connectivity index (χ3v) is 2.42. The van der Waals surface area contributed by atoms with Crippen molar-refractivity contribution in [2.45, 2.75) is 0 Å². The van der Waals surface area contributed by atoms with Gasteiger partial charge in [0.05, 0.1) is 13.2 Å². The van der Waals surface area contributed by atoms with Crippen LogP contribution in [0.3, 0.4) is 0 Å². The molecule has 0 amide bonds. The average Bonchev–Trinajstić information content (AvgIpc) is 2.22. The van der Waals surface area contributed by atoms with Crippen molar-refractivity contribution in [1.82, 2.24) is 4.90 Å². The number of hydrogen-bond acceptors (Lipinski definition) is 2. The molecule has 9 heavy (non-hydrogen) atoms. The van der Waals surface area contributed by atoms with Gasteiger partial charge < -0.3 is 9.64 Å². The van der Waals surface area contributed by atoms with E-state index in [0.717, 1.165) is 25.0 Å². The molecule has 2 heterocycles. The molecule has 0 saturated carbocycles. The summed E-state index contributed by atoms with van der Waals surface area (Å²) in [5, 5.41) is 0. The smallest absolute Gasteiger partial charge is 0.0510 e. The largest absolute Gasteiger partial charge is 0.381 e. The Hall–Kier alpha value is -0.0800. The number of fused-ring (bicyclic) bond motifs is 1. The minimum atomic E-state index is 0.856. The fraction of sp³-hybridized carbons (Fsp3) is 1.00. The van der Waals surface area contributed by atoms with Crippen LogP contribution in [0.1, 0.15) is 0 Å². The van der Waals surface area contributed by atoms with Crippen molar-refractivity contribution >= 4 is 0 Å². The zero-order chi connectivity index (χ0) is 6.27. The summed E-state index contributed by atoms with van der Waals surface area (Å²) in [6.45, 7) is 4.53. The third kappa shape index (κ3) is 0.864. The number of hydrogen-bond donors (Lipinski definition) is 0. The molecular formula is C7H13NO. The standard InChI is InChI=1S/C7H13NO/c1-8-2-6-4-9-5-7(6)3-8/h6-7H,2-5H2,1H3/t6-,7+. The molecule has 2 atom stereocenters. The maximum atomic E-state index is 5.33. The minimum Gasteiger partial charge on any atom is -0.381 e. The normalized spacial score (nSPS) is 43.7. The molecule has 2 saturated heterocycles. The van der Waals surface area contributed by atoms with E-state index in [1.165, 1.54) is 13.1 Å². The summed E-state index contributed by atoms with van der Waals surface area (Å²) >= 11 is 0. The quantitative estimate of drug-likeness (QED) is 0.460. The molecule has 0 aliphatic carbocycles. The molecule has 0 N–H and O–H groups in total. The average molecular weight is 127 g/mol. The van der Waals surface area contributed by atoms with Gasteiger partial charge in [-0.2, -0.15) is 0 Å². The van der Waals surface area contributed by atoms with Gasteiger partial charge in [0, 0.05) is 24.9 Å². The van der Waals surface area contributed by atoms with Crippen molar-refractivity contribution in [3.05, 3.63) is 0 Å². The van der Waals surface area contributed by atoms with Crippen LogP contribution in [0.4, 0.5) is 0 Å². The lowest BCUT2D eigenvalue weighted by molar-refractivity contribution is 0.160. The minimum absolute atomic E-state index is 0.856. The van der Waals surface area contributed by atoms with Crippen LogP contribution in [-0.4, -0.2) is 38.3 Å². The van der Waals surface area contributed by atoms with E-state index in [4.69, 9.17) is 4.74 Å². The molecular weight excluding hydrogens is 114 g/mol. The number of nitrogens with zero attached hydrogens (tertiary/aromatic N) is 1. The monoisotopic (exact) mass is 127 g/mol. The Labute approximate surface area is 55.8 Å². The Bertz CT molecular complexity index is 103. The molecule has 0 aromatic heterocycles. The summed E-state index contributed by atoms with van der Waals surface area (Å²) < 4.78 is 5.33. The summed E-state index contributed by atoms with van der Waals surface area (Å²) in [5.74, 6) is 1.71. The summed E-state index contributed by atoms with van der Waals surface area (Å²) in [4.78, 5) is 2.40. The van der Waals surface area contributed by atoms with E-state index in [2.05, 4.69) is 11.9 Å². The second-order valence-electron chi connectivity index (χ2n) is 3.28. The van der Waals surface area contributed by atoms with E-state index < -0.39 is 0 Å². The fourth-order valence-electron chi connectivity index (χ4n) is 1.92. The fourth-order valence-corrected chi connectivity index (χ4v) is 1.92. The number of likely N-dealkylation sites (tertiary alicyclic amines) is 1. The van der Waals surface area contributed by atoms with Crippen LogP contribution in [0.2, 0.25) is 0 Å². The molecule has 2 rings (SSSR count). The van der Waals surface area contributed by atoms with Crippen LogP contribution in [0, 0.1) is 11.8 Å². The van der Waals surface area contributed by atoms with Crippen LogP contribution >= 0.6 is 0 Å². The maximum Gasteiger partial charge on any atom is 0.0510 e. The van der Waals surface area contributed by atoms with Gasteiger partial charge in [-0.05, 0) is 7.05 Å². The van der Waals surface area contributed by atoms with Gasteiger partial charge in [0.1, 0.15) is 0 Å². The SMILES string of the molecule is CN1C[C@H]2COC[C@H]2C1. The lowest BCUT2D eigenvalue weighted by atomic mass is 10.0. The second kappa shape index (κ2) is 1.96.